The Morgan fingerprint density at radius 3 is 2.38 bits per heavy atom. The van der Waals surface area contributed by atoms with Gasteiger partial charge in [0.15, 0.2) is 14.1 Å². The highest BCUT2D eigenvalue weighted by Gasteiger charge is 2.37. The van der Waals surface area contributed by atoms with Crippen LogP contribution in [0, 0.1) is 5.92 Å². The highest BCUT2D eigenvalue weighted by Crippen LogP contribution is 2.37. The Morgan fingerprint density at radius 2 is 1.70 bits per heavy atom. The number of aromatic nitrogens is 5. The van der Waals surface area contributed by atoms with Crippen LogP contribution in [0.5, 0.6) is 5.75 Å². The topological polar surface area (TPSA) is 75.0 Å². The standard InChI is InChI=1S/C29H37N5O2Si/c1-29(2,3)37(5,6)36-21-22(20-34-17-16-30-28(34)24-10-8-7-9-11-24)18-27-32-26(19-31-33-27)23-12-14-25(35-4)15-13-23/h7-17,19,22H,18,20-21H2,1-6H3. The normalized spacial score (nSPS) is 12.9. The largest absolute Gasteiger partial charge is 0.497 e. The second-order valence-corrected chi connectivity index (χ2v) is 15.7. The van der Waals surface area contributed by atoms with E-state index in [1.165, 1.54) is 0 Å². The molecule has 0 aliphatic carbocycles. The smallest absolute Gasteiger partial charge is 0.191 e. The third-order valence-corrected chi connectivity index (χ3v) is 11.6. The van der Waals surface area contributed by atoms with E-state index < -0.39 is 8.32 Å². The van der Waals surface area contributed by atoms with Crippen molar-refractivity contribution in [1.82, 2.24) is 24.7 Å². The van der Waals surface area contributed by atoms with Gasteiger partial charge >= 0.3 is 0 Å². The first kappa shape index (κ1) is 26.7. The molecule has 1 unspecified atom stereocenters. The molecule has 0 bridgehead atoms. The molecule has 0 saturated carbocycles. The highest BCUT2D eigenvalue weighted by molar-refractivity contribution is 6.74. The number of methoxy groups -OCH3 is 1. The minimum absolute atomic E-state index is 0.133. The molecule has 194 valence electrons. The number of imidazole rings is 1. The summed E-state index contributed by atoms with van der Waals surface area (Å²) in [7, 11) is -0.268. The van der Waals surface area contributed by atoms with E-state index in [2.05, 4.69) is 65.7 Å². The summed E-state index contributed by atoms with van der Waals surface area (Å²) in [5.74, 6) is 2.62. The lowest BCUT2D eigenvalue weighted by molar-refractivity contribution is 0.210. The van der Waals surface area contributed by atoms with Gasteiger partial charge in [0, 0.05) is 49.0 Å². The molecule has 0 saturated heterocycles. The second kappa shape index (κ2) is 11.4. The zero-order valence-corrected chi connectivity index (χ0v) is 23.7. The Bertz CT molecular complexity index is 1280. The van der Waals surface area contributed by atoms with Crippen molar-refractivity contribution in [2.45, 2.75) is 51.9 Å². The van der Waals surface area contributed by atoms with Crippen molar-refractivity contribution in [3.63, 3.8) is 0 Å². The van der Waals surface area contributed by atoms with Crippen LogP contribution in [0.15, 0.2) is 73.2 Å². The van der Waals surface area contributed by atoms with Crippen molar-refractivity contribution < 1.29 is 9.16 Å². The minimum atomic E-state index is -1.93. The van der Waals surface area contributed by atoms with Gasteiger partial charge in [-0.1, -0.05) is 51.1 Å². The number of rotatable bonds is 10. The van der Waals surface area contributed by atoms with Gasteiger partial charge in [0.05, 0.1) is 19.0 Å². The molecule has 0 aliphatic heterocycles. The summed E-state index contributed by atoms with van der Waals surface area (Å²) in [4.78, 5) is 9.50. The first-order valence-corrected chi connectivity index (χ1v) is 15.6. The van der Waals surface area contributed by atoms with E-state index in [1.807, 2.05) is 54.9 Å². The molecule has 1 atom stereocenters. The molecular formula is C29H37N5O2Si. The van der Waals surface area contributed by atoms with Crippen LogP contribution in [0.2, 0.25) is 18.1 Å². The molecule has 0 amide bonds. The Labute approximate surface area is 221 Å². The molecule has 2 heterocycles. The monoisotopic (exact) mass is 515 g/mol. The zero-order chi connectivity index (χ0) is 26.5. The fraction of sp³-hybridized carbons (Fsp3) is 0.379. The highest BCUT2D eigenvalue weighted by atomic mass is 28.4. The van der Waals surface area contributed by atoms with Gasteiger partial charge in [-0.3, -0.25) is 0 Å². The lowest BCUT2D eigenvalue weighted by Gasteiger charge is -2.37. The SMILES string of the molecule is COc1ccc(-c2cnnc(CC(CO[Si](C)(C)C(C)(C)C)Cn3ccnc3-c3ccccc3)n2)cc1. The van der Waals surface area contributed by atoms with Gasteiger partial charge in [0.1, 0.15) is 11.6 Å². The summed E-state index contributed by atoms with van der Waals surface area (Å²) >= 11 is 0. The average Bonchev–Trinajstić information content (AvgIpc) is 3.35. The van der Waals surface area contributed by atoms with Crippen LogP contribution in [0.25, 0.3) is 22.6 Å². The predicted octanol–water partition coefficient (Wildman–Crippen LogP) is 6.29. The molecule has 8 heteroatoms. The molecule has 0 fully saturated rings. The maximum Gasteiger partial charge on any atom is 0.191 e. The molecule has 37 heavy (non-hydrogen) atoms. The van der Waals surface area contributed by atoms with Gasteiger partial charge < -0.3 is 13.7 Å². The first-order valence-electron chi connectivity index (χ1n) is 12.7. The maximum absolute atomic E-state index is 6.68. The molecule has 2 aromatic heterocycles. The van der Waals surface area contributed by atoms with Crippen LogP contribution < -0.4 is 4.74 Å². The van der Waals surface area contributed by atoms with Crippen LogP contribution in [0.1, 0.15) is 26.6 Å². The zero-order valence-electron chi connectivity index (χ0n) is 22.7. The van der Waals surface area contributed by atoms with E-state index in [-0.39, 0.29) is 11.0 Å². The van der Waals surface area contributed by atoms with E-state index in [9.17, 15) is 0 Å². The van der Waals surface area contributed by atoms with Crippen LogP contribution in [-0.2, 0) is 17.4 Å². The van der Waals surface area contributed by atoms with E-state index in [0.29, 0.717) is 18.9 Å². The average molecular weight is 516 g/mol. The Balaban J connectivity index is 1.59. The van der Waals surface area contributed by atoms with Crippen molar-refractivity contribution in [3.05, 3.63) is 79.0 Å². The van der Waals surface area contributed by atoms with E-state index in [0.717, 1.165) is 34.9 Å². The van der Waals surface area contributed by atoms with Gasteiger partial charge in [0.2, 0.25) is 0 Å². The maximum atomic E-state index is 6.68. The number of hydrogen-bond acceptors (Lipinski definition) is 6. The Morgan fingerprint density at radius 1 is 0.973 bits per heavy atom. The molecule has 4 aromatic rings. The summed E-state index contributed by atoms with van der Waals surface area (Å²) in [6, 6.07) is 18.1. The van der Waals surface area contributed by atoms with E-state index in [1.54, 1.807) is 13.3 Å². The molecule has 4 rings (SSSR count). The van der Waals surface area contributed by atoms with E-state index in [4.69, 9.17) is 14.1 Å². The molecule has 0 radical (unpaired) electrons. The van der Waals surface area contributed by atoms with Crippen molar-refractivity contribution in [3.8, 4) is 28.4 Å². The quantitative estimate of drug-likeness (QED) is 0.231. The van der Waals surface area contributed by atoms with Gasteiger partial charge in [-0.05, 0) is 42.4 Å². The van der Waals surface area contributed by atoms with Crippen molar-refractivity contribution in [2.24, 2.45) is 5.92 Å². The molecule has 0 spiro atoms. The van der Waals surface area contributed by atoms with Crippen molar-refractivity contribution in [1.29, 1.82) is 0 Å². The number of ether oxygens (including phenoxy) is 1. The summed E-state index contributed by atoms with van der Waals surface area (Å²) in [5, 5.41) is 8.79. The van der Waals surface area contributed by atoms with Crippen LogP contribution in [0.4, 0.5) is 0 Å². The molecule has 0 aliphatic rings. The van der Waals surface area contributed by atoms with Gasteiger partial charge in [-0.25, -0.2) is 9.97 Å². The lowest BCUT2D eigenvalue weighted by Crippen LogP contribution is -2.42. The second-order valence-electron chi connectivity index (χ2n) is 10.9. The summed E-state index contributed by atoms with van der Waals surface area (Å²) in [5.41, 5.74) is 2.87. The van der Waals surface area contributed by atoms with E-state index >= 15 is 0 Å². The van der Waals surface area contributed by atoms with Crippen LogP contribution in [-0.4, -0.2) is 46.8 Å². The predicted molar refractivity (Wildman–Crippen MR) is 150 cm³/mol. The molecule has 0 N–H and O–H groups in total. The van der Waals surface area contributed by atoms with Crippen molar-refractivity contribution in [2.75, 3.05) is 13.7 Å². The summed E-state index contributed by atoms with van der Waals surface area (Å²) in [6.45, 7) is 12.8. The lowest BCUT2D eigenvalue weighted by atomic mass is 10.1. The number of hydrogen-bond donors (Lipinski definition) is 0. The summed E-state index contributed by atoms with van der Waals surface area (Å²) in [6.07, 6.45) is 6.25. The van der Waals surface area contributed by atoms with Gasteiger partial charge in [0.25, 0.3) is 0 Å². The van der Waals surface area contributed by atoms with Crippen molar-refractivity contribution >= 4 is 8.32 Å². The number of benzene rings is 2. The fourth-order valence-electron chi connectivity index (χ4n) is 3.89. The molecule has 7 nitrogen and oxygen atoms in total. The van der Waals surface area contributed by atoms with Crippen LogP contribution in [0.3, 0.4) is 0 Å². The van der Waals surface area contributed by atoms with Gasteiger partial charge in [-0.15, -0.1) is 5.10 Å². The molecule has 2 aromatic carbocycles. The fourth-order valence-corrected chi connectivity index (χ4v) is 4.97. The Kier molecular flexibility index (Phi) is 8.19. The van der Waals surface area contributed by atoms with Crippen LogP contribution >= 0.6 is 0 Å². The first-order chi connectivity index (χ1) is 17.7. The summed E-state index contributed by atoms with van der Waals surface area (Å²) < 4.78 is 14.2. The van der Waals surface area contributed by atoms with Gasteiger partial charge in [-0.2, -0.15) is 5.10 Å². The number of nitrogens with zero attached hydrogens (tertiary/aromatic N) is 5. The third-order valence-electron chi connectivity index (χ3n) is 7.15. The Hall–Kier alpha value is -3.36. The minimum Gasteiger partial charge on any atom is -0.497 e. The third kappa shape index (κ3) is 6.70. The molecular weight excluding hydrogens is 478 g/mol.